The maximum atomic E-state index is 6.03. The normalized spacial score (nSPS) is 16.9. The zero-order valence-electron chi connectivity index (χ0n) is 9.61. The summed E-state index contributed by atoms with van der Waals surface area (Å²) in [4.78, 5) is 11.1. The lowest BCUT2D eigenvalue weighted by atomic mass is 10.2. The fourth-order valence-corrected chi connectivity index (χ4v) is 2.72. The Hall–Kier alpha value is -0.480. The van der Waals surface area contributed by atoms with Gasteiger partial charge in [-0.25, -0.2) is 9.97 Å². The fraction of sp³-hybridized carbons (Fsp3) is 0.636. The van der Waals surface area contributed by atoms with Crippen molar-refractivity contribution in [3.05, 3.63) is 17.0 Å². The lowest BCUT2D eigenvalue weighted by Gasteiger charge is -2.27. The van der Waals surface area contributed by atoms with Gasteiger partial charge in [0.25, 0.3) is 0 Å². The van der Waals surface area contributed by atoms with Crippen molar-refractivity contribution < 1.29 is 0 Å². The van der Waals surface area contributed by atoms with Crippen LogP contribution in [0.3, 0.4) is 0 Å². The number of anilines is 1. The lowest BCUT2D eigenvalue weighted by molar-refractivity contribution is 0.754. The lowest BCUT2D eigenvalue weighted by Crippen LogP contribution is -2.33. The summed E-state index contributed by atoms with van der Waals surface area (Å²) in [5.74, 6) is 4.46. The molecule has 0 bridgehead atoms. The van der Waals surface area contributed by atoms with Crippen molar-refractivity contribution >= 4 is 29.2 Å². The molecule has 16 heavy (non-hydrogen) atoms. The molecule has 0 spiro atoms. The number of hydrogen-bond acceptors (Lipinski definition) is 4. The number of hydrogen-bond donors (Lipinski definition) is 0. The van der Waals surface area contributed by atoms with Gasteiger partial charge in [-0.3, -0.25) is 0 Å². The fourth-order valence-electron chi connectivity index (χ4n) is 1.64. The van der Waals surface area contributed by atoms with Gasteiger partial charge in [-0.2, -0.15) is 11.8 Å². The largest absolute Gasteiger partial charge is 0.355 e. The summed E-state index contributed by atoms with van der Waals surface area (Å²) >= 11 is 8.02. The third kappa shape index (κ3) is 2.80. The van der Waals surface area contributed by atoms with Crippen molar-refractivity contribution in [1.82, 2.24) is 9.97 Å². The molecule has 0 aromatic carbocycles. The summed E-state index contributed by atoms with van der Waals surface area (Å²) in [5, 5.41) is 0.548. The third-order valence-electron chi connectivity index (χ3n) is 2.55. The number of aromatic nitrogens is 2. The highest BCUT2D eigenvalue weighted by Crippen LogP contribution is 2.22. The van der Waals surface area contributed by atoms with Crippen LogP contribution in [0.4, 0.5) is 5.82 Å². The summed E-state index contributed by atoms with van der Waals surface area (Å²) in [6, 6.07) is 1.86. The van der Waals surface area contributed by atoms with Gasteiger partial charge in [0.1, 0.15) is 16.8 Å². The molecule has 0 unspecified atom stereocenters. The zero-order chi connectivity index (χ0) is 11.5. The molecule has 5 heteroatoms. The Kier molecular flexibility index (Phi) is 3.92. The van der Waals surface area contributed by atoms with Gasteiger partial charge >= 0.3 is 0 Å². The minimum Gasteiger partial charge on any atom is -0.355 e. The maximum Gasteiger partial charge on any atom is 0.135 e. The second-order valence-electron chi connectivity index (χ2n) is 4.16. The van der Waals surface area contributed by atoms with Crippen LogP contribution >= 0.6 is 23.4 Å². The zero-order valence-corrected chi connectivity index (χ0v) is 11.2. The van der Waals surface area contributed by atoms with Crippen molar-refractivity contribution in [2.75, 3.05) is 29.5 Å². The Morgan fingerprint density at radius 2 is 2.00 bits per heavy atom. The molecular formula is C11H16ClN3S. The monoisotopic (exact) mass is 257 g/mol. The van der Waals surface area contributed by atoms with Crippen LogP contribution in [0.2, 0.25) is 5.15 Å². The van der Waals surface area contributed by atoms with Gasteiger partial charge in [0.15, 0.2) is 0 Å². The van der Waals surface area contributed by atoms with Crippen molar-refractivity contribution in [2.45, 2.75) is 19.8 Å². The summed E-state index contributed by atoms with van der Waals surface area (Å²) in [6.45, 7) is 6.27. The molecular weight excluding hydrogens is 242 g/mol. The van der Waals surface area contributed by atoms with Crippen molar-refractivity contribution in [1.29, 1.82) is 0 Å². The number of nitrogens with zero attached hydrogens (tertiary/aromatic N) is 3. The minimum absolute atomic E-state index is 0.316. The van der Waals surface area contributed by atoms with Crippen LogP contribution in [0.5, 0.6) is 0 Å². The van der Waals surface area contributed by atoms with Gasteiger partial charge in [-0.15, -0.1) is 0 Å². The van der Waals surface area contributed by atoms with E-state index >= 15 is 0 Å². The van der Waals surface area contributed by atoms with E-state index in [4.69, 9.17) is 11.6 Å². The second-order valence-corrected chi connectivity index (χ2v) is 5.77. The van der Waals surface area contributed by atoms with E-state index < -0.39 is 0 Å². The van der Waals surface area contributed by atoms with E-state index in [1.54, 1.807) is 0 Å². The van der Waals surface area contributed by atoms with Crippen LogP contribution in [-0.4, -0.2) is 34.6 Å². The summed E-state index contributed by atoms with van der Waals surface area (Å²) in [7, 11) is 0. The van der Waals surface area contributed by atoms with Crippen LogP contribution < -0.4 is 4.90 Å². The van der Waals surface area contributed by atoms with Gasteiger partial charge in [-0.05, 0) is 0 Å². The highest BCUT2D eigenvalue weighted by atomic mass is 35.5. The number of rotatable bonds is 2. The highest BCUT2D eigenvalue weighted by molar-refractivity contribution is 7.99. The average molecular weight is 258 g/mol. The summed E-state index contributed by atoms with van der Waals surface area (Å²) in [5.41, 5.74) is 0. The van der Waals surface area contributed by atoms with Crippen LogP contribution in [0.25, 0.3) is 0 Å². The predicted molar refractivity (Wildman–Crippen MR) is 70.7 cm³/mol. The topological polar surface area (TPSA) is 29.0 Å². The molecule has 2 rings (SSSR count). The molecule has 0 N–H and O–H groups in total. The van der Waals surface area contributed by atoms with Crippen LogP contribution in [0, 0.1) is 0 Å². The Labute approximate surface area is 106 Å². The molecule has 1 saturated heterocycles. The van der Waals surface area contributed by atoms with Gasteiger partial charge in [0.05, 0.1) is 0 Å². The van der Waals surface area contributed by atoms with Crippen LogP contribution in [0.15, 0.2) is 6.07 Å². The summed E-state index contributed by atoms with van der Waals surface area (Å²) < 4.78 is 0. The molecule has 88 valence electrons. The average Bonchev–Trinajstić information content (AvgIpc) is 2.29. The molecule has 0 amide bonds. The first-order valence-electron chi connectivity index (χ1n) is 5.54. The van der Waals surface area contributed by atoms with E-state index in [0.717, 1.165) is 24.7 Å². The predicted octanol–water partition coefficient (Wildman–Crippen LogP) is 2.81. The molecule has 1 aromatic heterocycles. The van der Waals surface area contributed by atoms with E-state index in [0.29, 0.717) is 11.1 Å². The highest BCUT2D eigenvalue weighted by Gasteiger charge is 2.15. The standard InChI is InChI=1S/C11H16ClN3S/c1-8(2)11-13-9(12)7-10(14-11)15-3-5-16-6-4-15/h7-8H,3-6H2,1-2H3. The van der Waals surface area contributed by atoms with E-state index in [1.807, 2.05) is 17.8 Å². The Morgan fingerprint density at radius 1 is 1.31 bits per heavy atom. The first kappa shape index (κ1) is 12.0. The van der Waals surface area contributed by atoms with Crippen LogP contribution in [-0.2, 0) is 0 Å². The van der Waals surface area contributed by atoms with Crippen molar-refractivity contribution in [3.63, 3.8) is 0 Å². The van der Waals surface area contributed by atoms with Crippen molar-refractivity contribution in [3.8, 4) is 0 Å². The molecule has 1 aromatic rings. The quantitative estimate of drug-likeness (QED) is 0.762. The van der Waals surface area contributed by atoms with Gasteiger partial charge in [-0.1, -0.05) is 25.4 Å². The Morgan fingerprint density at radius 3 is 2.62 bits per heavy atom. The molecule has 1 fully saturated rings. The van der Waals surface area contributed by atoms with E-state index in [2.05, 4.69) is 28.7 Å². The third-order valence-corrected chi connectivity index (χ3v) is 3.69. The van der Waals surface area contributed by atoms with E-state index in [-0.39, 0.29) is 0 Å². The molecule has 0 atom stereocenters. The van der Waals surface area contributed by atoms with Gasteiger partial charge in [0.2, 0.25) is 0 Å². The first-order valence-corrected chi connectivity index (χ1v) is 7.07. The SMILES string of the molecule is CC(C)c1nc(Cl)cc(N2CCSCC2)n1. The summed E-state index contributed by atoms with van der Waals surface area (Å²) in [6.07, 6.45) is 0. The number of thioether (sulfide) groups is 1. The molecule has 3 nitrogen and oxygen atoms in total. The van der Waals surface area contributed by atoms with E-state index in [9.17, 15) is 0 Å². The molecule has 2 heterocycles. The molecule has 1 aliphatic rings. The van der Waals surface area contributed by atoms with Crippen molar-refractivity contribution in [2.24, 2.45) is 0 Å². The Bertz CT molecular complexity index is 364. The molecule has 1 aliphatic heterocycles. The van der Waals surface area contributed by atoms with Crippen LogP contribution in [0.1, 0.15) is 25.6 Å². The Balaban J connectivity index is 2.25. The molecule has 0 radical (unpaired) electrons. The van der Waals surface area contributed by atoms with E-state index in [1.165, 1.54) is 11.5 Å². The number of halogens is 1. The smallest absolute Gasteiger partial charge is 0.135 e. The minimum atomic E-state index is 0.316. The maximum absolute atomic E-state index is 6.03. The first-order chi connectivity index (χ1) is 7.66. The van der Waals surface area contributed by atoms with Gasteiger partial charge in [0, 0.05) is 36.6 Å². The molecule has 0 saturated carbocycles. The van der Waals surface area contributed by atoms with Gasteiger partial charge < -0.3 is 4.90 Å². The molecule has 0 aliphatic carbocycles. The second kappa shape index (κ2) is 5.23.